The average molecular weight is 264 g/mol. The summed E-state index contributed by atoms with van der Waals surface area (Å²) < 4.78 is 0. The molecule has 4 heteroatoms. The Bertz CT molecular complexity index is 543. The van der Waals surface area contributed by atoms with Gasteiger partial charge in [-0.3, -0.25) is 0 Å². The van der Waals surface area contributed by atoms with E-state index in [0.29, 0.717) is 11.6 Å². The van der Waals surface area contributed by atoms with E-state index in [4.69, 9.17) is 16.7 Å². The van der Waals surface area contributed by atoms with Gasteiger partial charge in [-0.05, 0) is 35.9 Å². The van der Waals surface area contributed by atoms with E-state index in [1.807, 2.05) is 24.3 Å². The van der Waals surface area contributed by atoms with Gasteiger partial charge in [0.1, 0.15) is 5.75 Å². The number of aliphatic hydroxyl groups excluding tert-OH is 1. The summed E-state index contributed by atoms with van der Waals surface area (Å²) in [4.78, 5) is 0. The molecule has 0 heterocycles. The first-order valence-corrected chi connectivity index (χ1v) is 5.98. The molecule has 0 atom stereocenters. The normalized spacial score (nSPS) is 10.3. The Labute approximate surface area is 111 Å². The van der Waals surface area contributed by atoms with Gasteiger partial charge in [0.25, 0.3) is 0 Å². The highest BCUT2D eigenvalue weighted by Crippen LogP contribution is 2.22. The molecule has 0 amide bonds. The van der Waals surface area contributed by atoms with Crippen LogP contribution in [0.2, 0.25) is 5.02 Å². The molecule has 3 N–H and O–H groups in total. The summed E-state index contributed by atoms with van der Waals surface area (Å²) in [5, 5.41) is 22.5. The van der Waals surface area contributed by atoms with E-state index in [0.717, 1.165) is 16.8 Å². The van der Waals surface area contributed by atoms with Gasteiger partial charge in [0.15, 0.2) is 0 Å². The van der Waals surface area contributed by atoms with Crippen molar-refractivity contribution < 1.29 is 10.2 Å². The van der Waals surface area contributed by atoms with Gasteiger partial charge in [-0.15, -0.1) is 0 Å². The van der Waals surface area contributed by atoms with Crippen LogP contribution in [0.3, 0.4) is 0 Å². The molecule has 0 aliphatic heterocycles. The molecule has 2 rings (SSSR count). The van der Waals surface area contributed by atoms with Crippen molar-refractivity contribution in [3.05, 3.63) is 58.6 Å². The summed E-state index contributed by atoms with van der Waals surface area (Å²) in [5.41, 5.74) is 2.47. The number of hydrogen-bond acceptors (Lipinski definition) is 3. The maximum Gasteiger partial charge on any atom is 0.120 e. The molecule has 0 bridgehead atoms. The monoisotopic (exact) mass is 263 g/mol. The summed E-state index contributed by atoms with van der Waals surface area (Å²) in [6.07, 6.45) is 0. The standard InChI is InChI=1S/C14H14ClNO2/c15-12-4-5-14(18)11(7-12)8-16-13-3-1-2-10(6-13)9-17/h1-7,16-18H,8-9H2. The van der Waals surface area contributed by atoms with Crippen molar-refractivity contribution >= 4 is 17.3 Å². The molecule has 0 saturated carbocycles. The zero-order chi connectivity index (χ0) is 13.0. The fourth-order valence-corrected chi connectivity index (χ4v) is 1.87. The number of phenols is 1. The molecule has 0 spiro atoms. The number of hydrogen-bond donors (Lipinski definition) is 3. The maximum atomic E-state index is 9.68. The largest absolute Gasteiger partial charge is 0.508 e. The molecule has 3 nitrogen and oxygen atoms in total. The number of rotatable bonds is 4. The fraction of sp³-hybridized carbons (Fsp3) is 0.143. The van der Waals surface area contributed by atoms with Crippen molar-refractivity contribution in [3.63, 3.8) is 0 Å². The number of anilines is 1. The first-order valence-electron chi connectivity index (χ1n) is 5.60. The van der Waals surface area contributed by atoms with Crippen LogP contribution in [-0.2, 0) is 13.2 Å². The minimum atomic E-state index is 0.0118. The van der Waals surface area contributed by atoms with Crippen LogP contribution in [-0.4, -0.2) is 10.2 Å². The summed E-state index contributed by atoms with van der Waals surface area (Å²) in [7, 11) is 0. The highest BCUT2D eigenvalue weighted by molar-refractivity contribution is 6.30. The minimum Gasteiger partial charge on any atom is -0.508 e. The Morgan fingerprint density at radius 1 is 1.11 bits per heavy atom. The van der Waals surface area contributed by atoms with Crippen molar-refractivity contribution in [1.82, 2.24) is 0 Å². The molecule has 0 fully saturated rings. The molecule has 0 aromatic heterocycles. The van der Waals surface area contributed by atoms with Crippen molar-refractivity contribution in [3.8, 4) is 5.75 Å². The van der Waals surface area contributed by atoms with Crippen LogP contribution in [0.1, 0.15) is 11.1 Å². The number of nitrogens with one attached hydrogen (secondary N) is 1. The summed E-state index contributed by atoms with van der Waals surface area (Å²) in [6.45, 7) is 0.485. The second-order valence-electron chi connectivity index (χ2n) is 3.99. The third kappa shape index (κ3) is 3.15. The topological polar surface area (TPSA) is 52.5 Å². The van der Waals surface area contributed by atoms with Crippen molar-refractivity contribution in [2.45, 2.75) is 13.2 Å². The lowest BCUT2D eigenvalue weighted by atomic mass is 10.1. The minimum absolute atomic E-state index is 0.0118. The van der Waals surface area contributed by atoms with Gasteiger partial charge in [0.05, 0.1) is 6.61 Å². The Hall–Kier alpha value is -1.71. The second kappa shape index (κ2) is 5.76. The zero-order valence-corrected chi connectivity index (χ0v) is 10.5. The van der Waals surface area contributed by atoms with E-state index >= 15 is 0 Å². The van der Waals surface area contributed by atoms with Crippen LogP contribution in [0.25, 0.3) is 0 Å². The first kappa shape index (κ1) is 12.7. The third-order valence-corrected chi connectivity index (χ3v) is 2.87. The molecule has 0 saturated heterocycles. The lowest BCUT2D eigenvalue weighted by Gasteiger charge is -2.09. The number of aromatic hydroxyl groups is 1. The summed E-state index contributed by atoms with van der Waals surface area (Å²) in [5.74, 6) is 0.213. The summed E-state index contributed by atoms with van der Waals surface area (Å²) >= 11 is 5.87. The predicted molar refractivity (Wildman–Crippen MR) is 72.8 cm³/mol. The maximum absolute atomic E-state index is 9.68. The van der Waals surface area contributed by atoms with Crippen molar-refractivity contribution in [2.24, 2.45) is 0 Å². The first-order chi connectivity index (χ1) is 8.69. The van der Waals surface area contributed by atoms with Gasteiger partial charge in [0.2, 0.25) is 0 Å². The highest BCUT2D eigenvalue weighted by Gasteiger charge is 2.02. The summed E-state index contributed by atoms with van der Waals surface area (Å²) in [6, 6.07) is 12.4. The van der Waals surface area contributed by atoms with E-state index in [9.17, 15) is 5.11 Å². The van der Waals surface area contributed by atoms with Crippen LogP contribution in [0.4, 0.5) is 5.69 Å². The van der Waals surface area contributed by atoms with Crippen molar-refractivity contribution in [1.29, 1.82) is 0 Å². The molecular formula is C14H14ClNO2. The van der Waals surface area contributed by atoms with Crippen molar-refractivity contribution in [2.75, 3.05) is 5.32 Å². The Morgan fingerprint density at radius 2 is 1.94 bits per heavy atom. The van der Waals surface area contributed by atoms with Crippen LogP contribution in [0, 0.1) is 0 Å². The molecule has 0 aliphatic rings. The van der Waals surface area contributed by atoms with E-state index in [1.165, 1.54) is 0 Å². The zero-order valence-electron chi connectivity index (χ0n) is 9.73. The van der Waals surface area contributed by atoms with Gasteiger partial charge in [-0.1, -0.05) is 23.7 Å². The molecule has 18 heavy (non-hydrogen) atoms. The quantitative estimate of drug-likeness (QED) is 0.794. The van der Waals surface area contributed by atoms with Crippen LogP contribution in [0.5, 0.6) is 5.75 Å². The van der Waals surface area contributed by atoms with Gasteiger partial charge < -0.3 is 15.5 Å². The van der Waals surface area contributed by atoms with E-state index in [1.54, 1.807) is 18.2 Å². The van der Waals surface area contributed by atoms with Crippen LogP contribution < -0.4 is 5.32 Å². The molecule has 0 aliphatic carbocycles. The number of halogens is 1. The van der Waals surface area contributed by atoms with Gasteiger partial charge in [-0.25, -0.2) is 0 Å². The van der Waals surface area contributed by atoms with E-state index in [-0.39, 0.29) is 12.4 Å². The van der Waals surface area contributed by atoms with Crippen LogP contribution >= 0.6 is 11.6 Å². The Balaban J connectivity index is 2.08. The van der Waals surface area contributed by atoms with E-state index < -0.39 is 0 Å². The highest BCUT2D eigenvalue weighted by atomic mass is 35.5. The molecule has 94 valence electrons. The van der Waals surface area contributed by atoms with Gasteiger partial charge >= 0.3 is 0 Å². The molecule has 0 radical (unpaired) electrons. The molecule has 2 aromatic rings. The average Bonchev–Trinajstić information content (AvgIpc) is 2.40. The Kier molecular flexibility index (Phi) is 4.07. The molecular weight excluding hydrogens is 250 g/mol. The fourth-order valence-electron chi connectivity index (χ4n) is 1.67. The second-order valence-corrected chi connectivity index (χ2v) is 4.42. The number of phenolic OH excluding ortho intramolecular Hbond substituents is 1. The van der Waals surface area contributed by atoms with Crippen LogP contribution in [0.15, 0.2) is 42.5 Å². The third-order valence-electron chi connectivity index (χ3n) is 2.63. The predicted octanol–water partition coefficient (Wildman–Crippen LogP) is 3.15. The SMILES string of the molecule is OCc1cccc(NCc2cc(Cl)ccc2O)c1. The van der Waals surface area contributed by atoms with Gasteiger partial charge in [-0.2, -0.15) is 0 Å². The van der Waals surface area contributed by atoms with Gasteiger partial charge in [0, 0.05) is 22.8 Å². The molecule has 2 aromatic carbocycles. The lowest BCUT2D eigenvalue weighted by Crippen LogP contribution is -2.00. The molecule has 0 unspecified atom stereocenters. The number of aliphatic hydroxyl groups is 1. The Morgan fingerprint density at radius 3 is 2.72 bits per heavy atom. The van der Waals surface area contributed by atoms with E-state index in [2.05, 4.69) is 5.32 Å². The smallest absolute Gasteiger partial charge is 0.120 e. The number of benzene rings is 2. The lowest BCUT2D eigenvalue weighted by molar-refractivity contribution is 0.282.